The van der Waals surface area contributed by atoms with Gasteiger partial charge in [-0.05, 0) is 35.2 Å². The van der Waals surface area contributed by atoms with Crippen molar-refractivity contribution in [3.8, 4) is 22.5 Å². The van der Waals surface area contributed by atoms with Crippen LogP contribution in [0.5, 0.6) is 0 Å². The molecule has 0 amide bonds. The van der Waals surface area contributed by atoms with Crippen LogP contribution in [-0.2, 0) is 4.74 Å². The number of hydrogen-bond acceptors (Lipinski definition) is 3. The van der Waals surface area contributed by atoms with Crippen molar-refractivity contribution in [3.05, 3.63) is 65.2 Å². The summed E-state index contributed by atoms with van der Waals surface area (Å²) in [6.07, 6.45) is 0.144. The Hall–Kier alpha value is -2.14. The van der Waals surface area contributed by atoms with Crippen molar-refractivity contribution in [2.45, 2.75) is 20.0 Å². The molecule has 2 aromatic carbocycles. The summed E-state index contributed by atoms with van der Waals surface area (Å²) >= 11 is 6.09. The van der Waals surface area contributed by atoms with E-state index in [1.165, 1.54) is 5.56 Å². The Bertz CT molecular complexity index is 920. The van der Waals surface area contributed by atoms with E-state index in [4.69, 9.17) is 16.3 Å². The Morgan fingerprint density at radius 3 is 2.71 bits per heavy atom. The summed E-state index contributed by atoms with van der Waals surface area (Å²) in [6, 6.07) is 18.4. The minimum absolute atomic E-state index is 0.144. The molecule has 1 N–H and O–H groups in total. The van der Waals surface area contributed by atoms with E-state index < -0.39 is 0 Å². The highest BCUT2D eigenvalue weighted by Crippen LogP contribution is 2.28. The number of aromatic nitrogens is 2. The Balaban J connectivity index is 1.48. The summed E-state index contributed by atoms with van der Waals surface area (Å²) in [4.78, 5) is 2.50. The Morgan fingerprint density at radius 2 is 1.96 bits per heavy atom. The van der Waals surface area contributed by atoms with Crippen molar-refractivity contribution in [1.29, 1.82) is 0 Å². The van der Waals surface area contributed by atoms with E-state index in [1.807, 2.05) is 24.3 Å². The number of nitrogens with one attached hydrogen (secondary N) is 1. The highest BCUT2D eigenvalue weighted by Gasteiger charge is 2.22. The molecule has 5 heteroatoms. The van der Waals surface area contributed by atoms with Gasteiger partial charge in [-0.2, -0.15) is 5.10 Å². The third-order valence-electron chi connectivity index (χ3n) is 5.07. The maximum atomic E-state index is 6.09. The molecule has 1 aliphatic rings. The number of benzene rings is 2. The van der Waals surface area contributed by atoms with E-state index in [-0.39, 0.29) is 6.10 Å². The minimum Gasteiger partial charge on any atom is -0.371 e. The van der Waals surface area contributed by atoms with Gasteiger partial charge in [-0.25, -0.2) is 0 Å². The van der Waals surface area contributed by atoms with Crippen LogP contribution < -0.4 is 0 Å². The molecule has 1 unspecified atom stereocenters. The van der Waals surface area contributed by atoms with Crippen LogP contribution in [0.3, 0.4) is 0 Å². The second kappa shape index (κ2) is 8.48. The van der Waals surface area contributed by atoms with Crippen LogP contribution in [0, 0.1) is 5.92 Å². The van der Waals surface area contributed by atoms with Gasteiger partial charge in [-0.15, -0.1) is 0 Å². The van der Waals surface area contributed by atoms with E-state index in [2.05, 4.69) is 59.3 Å². The predicted octanol–water partition coefficient (Wildman–Crippen LogP) is 5.43. The molecule has 0 radical (unpaired) electrons. The van der Waals surface area contributed by atoms with Crippen LogP contribution >= 0.6 is 11.6 Å². The van der Waals surface area contributed by atoms with Crippen LogP contribution in [0.1, 0.15) is 25.5 Å². The normalized spacial score (nSPS) is 17.9. The summed E-state index contributed by atoms with van der Waals surface area (Å²) in [7, 11) is 0. The predicted molar refractivity (Wildman–Crippen MR) is 114 cm³/mol. The standard InChI is InChI=1S/C23H26ClN3O/c1-16(2)14-27-10-11-28-23(15-27)18-8-6-17(7-9-18)21-13-22(26-25-21)19-4-3-5-20(24)12-19/h3-9,12-13,16,23H,10-11,14-15H2,1-2H3,(H,25,26). The molecule has 1 atom stereocenters. The first kappa shape index (κ1) is 19.2. The Labute approximate surface area is 171 Å². The molecule has 1 aliphatic heterocycles. The lowest BCUT2D eigenvalue weighted by Crippen LogP contribution is -2.40. The van der Waals surface area contributed by atoms with Crippen LogP contribution in [0.25, 0.3) is 22.5 Å². The van der Waals surface area contributed by atoms with E-state index in [0.717, 1.165) is 48.8 Å². The zero-order valence-electron chi connectivity index (χ0n) is 16.4. The number of H-pyrrole nitrogens is 1. The van der Waals surface area contributed by atoms with Crippen LogP contribution in [-0.4, -0.2) is 41.3 Å². The van der Waals surface area contributed by atoms with Gasteiger partial charge in [0, 0.05) is 30.2 Å². The van der Waals surface area contributed by atoms with Crippen molar-refractivity contribution in [2.75, 3.05) is 26.2 Å². The SMILES string of the molecule is CC(C)CN1CCOC(c2ccc(-c3cc(-c4cccc(Cl)c4)n[nH]3)cc2)C1. The summed E-state index contributed by atoms with van der Waals surface area (Å²) in [5.74, 6) is 0.676. The number of nitrogens with zero attached hydrogens (tertiary/aromatic N) is 2. The molecule has 1 saturated heterocycles. The molecule has 2 heterocycles. The molecule has 0 saturated carbocycles. The van der Waals surface area contributed by atoms with E-state index >= 15 is 0 Å². The van der Waals surface area contributed by atoms with E-state index in [0.29, 0.717) is 10.9 Å². The first-order valence-electron chi connectivity index (χ1n) is 9.84. The van der Waals surface area contributed by atoms with E-state index in [9.17, 15) is 0 Å². The lowest BCUT2D eigenvalue weighted by molar-refractivity contribution is -0.0332. The number of aromatic amines is 1. The fraction of sp³-hybridized carbons (Fsp3) is 0.348. The second-order valence-electron chi connectivity index (χ2n) is 7.81. The number of morpholine rings is 1. The first-order chi connectivity index (χ1) is 13.6. The lowest BCUT2D eigenvalue weighted by Gasteiger charge is -2.34. The second-order valence-corrected chi connectivity index (χ2v) is 8.25. The van der Waals surface area contributed by atoms with Gasteiger partial charge in [0.2, 0.25) is 0 Å². The van der Waals surface area contributed by atoms with Crippen LogP contribution in [0.4, 0.5) is 0 Å². The fourth-order valence-electron chi connectivity index (χ4n) is 3.73. The highest BCUT2D eigenvalue weighted by molar-refractivity contribution is 6.30. The monoisotopic (exact) mass is 395 g/mol. The van der Waals surface area contributed by atoms with Crippen molar-refractivity contribution in [1.82, 2.24) is 15.1 Å². The third kappa shape index (κ3) is 4.46. The lowest BCUT2D eigenvalue weighted by atomic mass is 10.0. The number of hydrogen-bond donors (Lipinski definition) is 1. The van der Waals surface area contributed by atoms with E-state index in [1.54, 1.807) is 0 Å². The zero-order chi connectivity index (χ0) is 19.5. The third-order valence-corrected chi connectivity index (χ3v) is 5.30. The van der Waals surface area contributed by atoms with Gasteiger partial charge in [0.1, 0.15) is 0 Å². The van der Waals surface area contributed by atoms with Gasteiger partial charge in [0.15, 0.2) is 0 Å². The number of rotatable bonds is 5. The van der Waals surface area contributed by atoms with Crippen LogP contribution in [0.15, 0.2) is 54.6 Å². The van der Waals surface area contributed by atoms with Gasteiger partial charge >= 0.3 is 0 Å². The van der Waals surface area contributed by atoms with Gasteiger partial charge in [-0.3, -0.25) is 10.00 Å². The summed E-state index contributed by atoms with van der Waals surface area (Å²) in [5.41, 5.74) is 5.23. The molecule has 3 aromatic rings. The van der Waals surface area contributed by atoms with Gasteiger partial charge in [0.25, 0.3) is 0 Å². The van der Waals surface area contributed by atoms with Gasteiger partial charge in [0.05, 0.1) is 24.1 Å². The Kier molecular flexibility index (Phi) is 5.81. The average molecular weight is 396 g/mol. The Morgan fingerprint density at radius 1 is 1.14 bits per heavy atom. The maximum Gasteiger partial charge on any atom is 0.0952 e. The molecule has 28 heavy (non-hydrogen) atoms. The minimum atomic E-state index is 0.144. The van der Waals surface area contributed by atoms with Crippen molar-refractivity contribution < 1.29 is 4.74 Å². The molecule has 0 bridgehead atoms. The zero-order valence-corrected chi connectivity index (χ0v) is 17.1. The quantitative estimate of drug-likeness (QED) is 0.626. The average Bonchev–Trinajstić information content (AvgIpc) is 3.18. The number of halogens is 1. The molecule has 1 fully saturated rings. The van der Waals surface area contributed by atoms with Crippen molar-refractivity contribution in [3.63, 3.8) is 0 Å². The largest absolute Gasteiger partial charge is 0.371 e. The molecule has 0 spiro atoms. The smallest absolute Gasteiger partial charge is 0.0952 e. The summed E-state index contributed by atoms with van der Waals surface area (Å²) < 4.78 is 6.02. The first-order valence-corrected chi connectivity index (χ1v) is 10.2. The summed E-state index contributed by atoms with van der Waals surface area (Å²) in [5, 5.41) is 8.29. The molecule has 0 aliphatic carbocycles. The fourth-order valence-corrected chi connectivity index (χ4v) is 3.92. The molecule has 1 aromatic heterocycles. The molecule has 146 valence electrons. The molecule has 4 nitrogen and oxygen atoms in total. The van der Waals surface area contributed by atoms with Gasteiger partial charge in [-0.1, -0.05) is 61.8 Å². The summed E-state index contributed by atoms with van der Waals surface area (Å²) in [6.45, 7) is 8.43. The maximum absolute atomic E-state index is 6.09. The number of ether oxygens (including phenoxy) is 1. The topological polar surface area (TPSA) is 41.1 Å². The van der Waals surface area contributed by atoms with Crippen molar-refractivity contribution >= 4 is 11.6 Å². The van der Waals surface area contributed by atoms with Crippen LogP contribution in [0.2, 0.25) is 5.02 Å². The molecular formula is C23H26ClN3O. The van der Waals surface area contributed by atoms with Gasteiger partial charge < -0.3 is 4.74 Å². The molecule has 4 rings (SSSR count). The molecular weight excluding hydrogens is 370 g/mol. The highest BCUT2D eigenvalue weighted by atomic mass is 35.5. The van der Waals surface area contributed by atoms with Crippen molar-refractivity contribution in [2.24, 2.45) is 5.92 Å².